The van der Waals surface area contributed by atoms with Gasteiger partial charge in [0.05, 0.1) is 25.3 Å². The number of aryl methyl sites for hydroxylation is 2. The third-order valence-corrected chi connectivity index (χ3v) is 13.3. The van der Waals surface area contributed by atoms with Crippen LogP contribution in [-0.2, 0) is 12.4 Å². The fourth-order valence-electron chi connectivity index (χ4n) is 8.48. The molecule has 0 unspecified atom stereocenters. The maximum Gasteiger partial charge on any atom is 0.420 e. The van der Waals surface area contributed by atoms with Crippen molar-refractivity contribution in [2.24, 2.45) is 0 Å². The minimum absolute atomic E-state index is 0. The van der Waals surface area contributed by atoms with E-state index in [1.165, 1.54) is 43.9 Å². The van der Waals surface area contributed by atoms with Crippen molar-refractivity contribution in [3.05, 3.63) is 124 Å². The van der Waals surface area contributed by atoms with Gasteiger partial charge in [-0.2, -0.15) is 36.3 Å². The monoisotopic (exact) mass is 1300 g/mol. The summed E-state index contributed by atoms with van der Waals surface area (Å²) in [5.74, 6) is -0.486. The number of nitrogens with zero attached hydrogens (tertiary/aromatic N) is 11. The molecule has 0 atom stereocenters. The number of nitrogen functional groups attached to an aromatic ring is 2. The molecule has 0 aliphatic carbocycles. The van der Waals surface area contributed by atoms with E-state index in [1.54, 1.807) is 37.3 Å². The molecule has 2 aliphatic heterocycles. The number of nitrogens with two attached hydrogens (primary N) is 2. The number of methoxy groups -OCH3 is 2. The van der Waals surface area contributed by atoms with Crippen LogP contribution >= 0.6 is 11.6 Å². The number of amides is 2. The molecule has 9 N–H and O–H groups in total. The molecule has 84 heavy (non-hydrogen) atoms. The van der Waals surface area contributed by atoms with E-state index in [9.17, 15) is 35.9 Å². The standard InChI is InChI=1S/C27H28F3N9O2.C22H17ClF3N7O2.C5H12N2.HI/c1-15-4-5-16(25(40)34-17-6-7-20(41-3)18(13-17)27(28,29)30)12-19(15)35-24-22-21(32-14-33-24)23(31)37-26(36-22)39-10-8-38(2)9-11-39;1-10-3-4-11(20(34)30-12-5-6-15(35-2)13(8-12)22(24,25)26)7-14(10)31-19-17-16(28-9-29-19)18(27)33-21(23)32-17;1-7-4-2-6-3-5-7;/h4-7,12-14H,8-11H2,1-3H3,(H,34,40)(H2,31,36,37)(H,32,33,35);3-9H,1-2H3,(H,30,34)(H2,27,32,33)(H,28,29,31);6H,2-5H2,1H3;1H/p-1. The van der Waals surface area contributed by atoms with Gasteiger partial charge in [-0.25, -0.2) is 29.9 Å². The number of benzene rings is 4. The first kappa shape index (κ1) is 63.3. The largest absolute Gasteiger partial charge is 1.00 e. The van der Waals surface area contributed by atoms with E-state index in [4.69, 9.17) is 37.5 Å². The Morgan fingerprint density at radius 1 is 0.583 bits per heavy atom. The van der Waals surface area contributed by atoms with Gasteiger partial charge in [0.25, 0.3) is 11.8 Å². The van der Waals surface area contributed by atoms with Crippen LogP contribution in [0.15, 0.2) is 85.5 Å². The molecule has 2 saturated heterocycles. The molecule has 444 valence electrons. The first-order valence-corrected chi connectivity index (χ1v) is 25.8. The molecule has 10 rings (SSSR count). The third-order valence-electron chi connectivity index (χ3n) is 13.1. The second-order valence-electron chi connectivity index (χ2n) is 19.0. The first-order valence-electron chi connectivity index (χ1n) is 25.4. The molecule has 22 nitrogen and oxygen atoms in total. The number of fused-ring (bicyclic) bond motifs is 2. The van der Waals surface area contributed by atoms with Crippen LogP contribution in [-0.4, -0.2) is 142 Å². The van der Waals surface area contributed by atoms with Crippen LogP contribution in [0.1, 0.15) is 43.0 Å². The summed E-state index contributed by atoms with van der Waals surface area (Å²) >= 11 is 5.92. The molecule has 2 aliphatic rings. The molecule has 4 aromatic carbocycles. The summed E-state index contributed by atoms with van der Waals surface area (Å²) in [6.07, 6.45) is -6.69. The molecule has 8 aromatic rings. The summed E-state index contributed by atoms with van der Waals surface area (Å²) in [5, 5.41) is 14.5. The number of likely N-dealkylation sites (N-methyl/N-ethyl adjacent to an activating group) is 2. The molecule has 30 heteroatoms. The van der Waals surface area contributed by atoms with Crippen LogP contribution in [0.5, 0.6) is 11.5 Å². The molecule has 4 aromatic heterocycles. The van der Waals surface area contributed by atoms with Crippen molar-refractivity contribution >= 4 is 97.5 Å². The highest BCUT2D eigenvalue weighted by Gasteiger charge is 2.36. The number of hydrogen-bond donors (Lipinski definition) is 7. The van der Waals surface area contributed by atoms with Crippen molar-refractivity contribution in [3.8, 4) is 11.5 Å². The van der Waals surface area contributed by atoms with Crippen LogP contribution in [0.25, 0.3) is 22.1 Å². The number of carbonyl (C=O) groups is 2. The van der Waals surface area contributed by atoms with Gasteiger partial charge in [0.15, 0.2) is 23.3 Å². The molecule has 0 radical (unpaired) electrons. The average molecular weight is 1300 g/mol. The zero-order chi connectivity index (χ0) is 59.8. The number of aromatic nitrogens is 8. The number of nitrogens with one attached hydrogen (secondary N) is 5. The van der Waals surface area contributed by atoms with E-state index in [1.807, 2.05) is 11.8 Å². The molecule has 2 amide bonds. The molecular weight excluding hydrogens is 1240 g/mol. The number of ether oxygens (including phenoxy) is 2. The zero-order valence-electron chi connectivity index (χ0n) is 46.0. The Morgan fingerprint density at radius 2 is 1.02 bits per heavy atom. The average Bonchev–Trinajstić information content (AvgIpc) is 2.27. The number of piperazine rings is 2. The Hall–Kier alpha value is -8.26. The summed E-state index contributed by atoms with van der Waals surface area (Å²) in [6.45, 7) is 11.6. The minimum atomic E-state index is -4.65. The number of hydrogen-bond acceptors (Lipinski definition) is 20. The molecule has 6 heterocycles. The Morgan fingerprint density at radius 3 is 1.45 bits per heavy atom. The summed E-state index contributed by atoms with van der Waals surface area (Å²) in [7, 11) is 6.49. The number of halogens is 8. The van der Waals surface area contributed by atoms with Crippen molar-refractivity contribution < 1.29 is 69.4 Å². The SMILES string of the molecule is CN1CCNCC1.COc1ccc(NC(=O)c2ccc(C)c(Nc3ncnc4c(N)nc(Cl)nc34)c2)cc1C(F)(F)F.COc1ccc(NC(=O)c2ccc(C)c(Nc3ncnc4c(N)nc(N5CCN(C)CC5)nc34)c2)cc1C(F)(F)F.[I-]. The van der Waals surface area contributed by atoms with Gasteiger partial charge in [0, 0.05) is 86.2 Å². The lowest BCUT2D eigenvalue weighted by molar-refractivity contribution is -0.139. The summed E-state index contributed by atoms with van der Waals surface area (Å²) < 4.78 is 89.8. The molecule has 0 spiro atoms. The van der Waals surface area contributed by atoms with Gasteiger partial charge in [-0.15, -0.1) is 0 Å². The topological polar surface area (TPSA) is 278 Å². The molecular formula is C54H57ClF6IN18O4-. The number of anilines is 9. The normalized spacial score (nSPS) is 13.8. The molecule has 2 fully saturated rings. The highest BCUT2D eigenvalue weighted by Crippen LogP contribution is 2.40. The summed E-state index contributed by atoms with van der Waals surface area (Å²) in [4.78, 5) is 66.4. The van der Waals surface area contributed by atoms with Gasteiger partial charge in [-0.3, -0.25) is 9.59 Å². The zero-order valence-corrected chi connectivity index (χ0v) is 48.9. The predicted octanol–water partition coefficient (Wildman–Crippen LogP) is 5.60. The smallest absolute Gasteiger partial charge is 0.420 e. The predicted molar refractivity (Wildman–Crippen MR) is 305 cm³/mol. The highest BCUT2D eigenvalue weighted by atomic mass is 127. The van der Waals surface area contributed by atoms with Crippen LogP contribution in [0, 0.1) is 13.8 Å². The van der Waals surface area contributed by atoms with Crippen LogP contribution in [0.3, 0.4) is 0 Å². The Balaban J connectivity index is 0.000000215. The second kappa shape index (κ2) is 27.4. The van der Waals surface area contributed by atoms with Gasteiger partial charge in [0.2, 0.25) is 11.2 Å². The lowest BCUT2D eigenvalue weighted by Gasteiger charge is -2.32. The van der Waals surface area contributed by atoms with Crippen molar-refractivity contribution in [3.63, 3.8) is 0 Å². The van der Waals surface area contributed by atoms with Crippen molar-refractivity contribution in [2.45, 2.75) is 26.2 Å². The summed E-state index contributed by atoms with van der Waals surface area (Å²) in [5.41, 5.74) is 14.4. The third kappa shape index (κ3) is 15.7. The molecule has 0 saturated carbocycles. The number of carbonyl (C=O) groups excluding carboxylic acids is 2. The summed E-state index contributed by atoms with van der Waals surface area (Å²) in [6, 6.07) is 16.2. The minimum Gasteiger partial charge on any atom is -1.00 e. The van der Waals surface area contributed by atoms with Gasteiger partial charge >= 0.3 is 12.4 Å². The van der Waals surface area contributed by atoms with E-state index < -0.39 is 35.3 Å². The fraction of sp³-hybridized carbons (Fsp3) is 0.296. The van der Waals surface area contributed by atoms with Crippen LogP contribution in [0.2, 0.25) is 5.28 Å². The fourth-order valence-corrected chi connectivity index (χ4v) is 8.65. The quantitative estimate of drug-likeness (QED) is 0.0472. The van der Waals surface area contributed by atoms with Gasteiger partial charge in [-0.1, -0.05) is 12.1 Å². The Labute approximate surface area is 499 Å². The van der Waals surface area contributed by atoms with E-state index in [0.717, 1.165) is 88.9 Å². The molecule has 0 bridgehead atoms. The maximum absolute atomic E-state index is 13.4. The van der Waals surface area contributed by atoms with Gasteiger partial charge in [-0.05, 0) is 111 Å². The van der Waals surface area contributed by atoms with Crippen LogP contribution < -0.4 is 76.4 Å². The van der Waals surface area contributed by atoms with E-state index >= 15 is 0 Å². The highest BCUT2D eigenvalue weighted by molar-refractivity contribution is 6.29. The Kier molecular flexibility index (Phi) is 20.7. The van der Waals surface area contributed by atoms with E-state index in [0.29, 0.717) is 39.7 Å². The van der Waals surface area contributed by atoms with Crippen molar-refractivity contribution in [1.29, 1.82) is 0 Å². The maximum atomic E-state index is 13.4. The first-order chi connectivity index (χ1) is 39.5. The van der Waals surface area contributed by atoms with Gasteiger partial charge in [0.1, 0.15) is 46.2 Å². The van der Waals surface area contributed by atoms with Crippen molar-refractivity contribution in [1.82, 2.24) is 55.0 Å². The second-order valence-corrected chi connectivity index (χ2v) is 19.4. The van der Waals surface area contributed by atoms with E-state index in [-0.39, 0.29) is 86.2 Å². The van der Waals surface area contributed by atoms with E-state index in [2.05, 4.69) is 85.4 Å². The van der Waals surface area contributed by atoms with Gasteiger partial charge < -0.3 is 86.2 Å². The Bertz CT molecular complexity index is 3670. The lowest BCUT2D eigenvalue weighted by Crippen LogP contribution is -3.00. The van der Waals surface area contributed by atoms with Crippen molar-refractivity contribution in [2.75, 3.05) is 118 Å². The number of alkyl halides is 6. The van der Waals surface area contributed by atoms with Crippen LogP contribution in [0.4, 0.5) is 78.3 Å². The number of rotatable bonds is 11. The lowest BCUT2D eigenvalue weighted by atomic mass is 10.1.